The van der Waals surface area contributed by atoms with E-state index in [9.17, 15) is 5.11 Å². The number of nitrogens with two attached hydrogens (primary N) is 1. The first-order valence-electron chi connectivity index (χ1n) is 3.78. The number of aromatic nitrogens is 1. The average molecular weight is 310 g/mol. The third kappa shape index (κ3) is 2.74. The van der Waals surface area contributed by atoms with Gasteiger partial charge < -0.3 is 10.8 Å². The normalized spacial score (nSPS) is 15.5. The minimum atomic E-state index is -0.584. The highest BCUT2D eigenvalue weighted by Crippen LogP contribution is 2.24. The van der Waals surface area contributed by atoms with Crippen LogP contribution in [0, 0.1) is 0 Å². The van der Waals surface area contributed by atoms with E-state index >= 15 is 0 Å². The van der Waals surface area contributed by atoms with Crippen molar-refractivity contribution in [3.63, 3.8) is 0 Å². The first-order chi connectivity index (χ1) is 6.02. The Bertz CT molecular complexity index is 304. The molecule has 0 unspecified atom stereocenters. The molecule has 0 radical (unpaired) electrons. The predicted molar refractivity (Wildman–Crippen MR) is 58.2 cm³/mol. The van der Waals surface area contributed by atoms with Gasteiger partial charge in [-0.3, -0.25) is 0 Å². The maximum Gasteiger partial charge on any atom is 0.112 e. The summed E-state index contributed by atoms with van der Waals surface area (Å²) in [7, 11) is 0. The van der Waals surface area contributed by atoms with E-state index in [1.807, 2.05) is 6.07 Å². The number of halogens is 2. The summed E-state index contributed by atoms with van der Waals surface area (Å²) in [5, 5.41) is 9.28. The molecule has 0 aromatic carbocycles. The average Bonchev–Trinajstić information content (AvgIpc) is 2.03. The SMILES string of the molecule is C[C@H](O)[C@H](N)c1ccc(Br)nc1Br. The van der Waals surface area contributed by atoms with Crippen LogP contribution in [0.25, 0.3) is 0 Å². The third-order valence-corrected chi connectivity index (χ3v) is 2.80. The van der Waals surface area contributed by atoms with Gasteiger partial charge in [0, 0.05) is 5.56 Å². The Kier molecular flexibility index (Phi) is 3.85. The molecule has 0 amide bonds. The number of aliphatic hydroxyl groups excluding tert-OH is 1. The number of rotatable bonds is 2. The third-order valence-electron chi connectivity index (χ3n) is 1.72. The summed E-state index contributed by atoms with van der Waals surface area (Å²) in [5.41, 5.74) is 6.56. The summed E-state index contributed by atoms with van der Waals surface area (Å²) in [6.07, 6.45) is -0.584. The Morgan fingerprint density at radius 1 is 1.46 bits per heavy atom. The monoisotopic (exact) mass is 308 g/mol. The fourth-order valence-electron chi connectivity index (χ4n) is 0.931. The fourth-order valence-corrected chi connectivity index (χ4v) is 2.07. The smallest absolute Gasteiger partial charge is 0.112 e. The van der Waals surface area contributed by atoms with Crippen LogP contribution in [0.5, 0.6) is 0 Å². The van der Waals surface area contributed by atoms with Crippen molar-refractivity contribution >= 4 is 31.9 Å². The van der Waals surface area contributed by atoms with Crippen molar-refractivity contribution in [2.24, 2.45) is 5.73 Å². The van der Waals surface area contributed by atoms with Gasteiger partial charge in [0.15, 0.2) is 0 Å². The Labute approximate surface area is 93.6 Å². The summed E-state index contributed by atoms with van der Waals surface area (Å²) in [6.45, 7) is 1.65. The Morgan fingerprint density at radius 2 is 2.08 bits per heavy atom. The van der Waals surface area contributed by atoms with Gasteiger partial charge in [0.2, 0.25) is 0 Å². The first-order valence-corrected chi connectivity index (χ1v) is 5.36. The van der Waals surface area contributed by atoms with E-state index in [0.29, 0.717) is 4.60 Å². The summed E-state index contributed by atoms with van der Waals surface area (Å²) >= 11 is 6.52. The van der Waals surface area contributed by atoms with Crippen LogP contribution in [0.2, 0.25) is 0 Å². The van der Waals surface area contributed by atoms with Gasteiger partial charge in [0.25, 0.3) is 0 Å². The van der Waals surface area contributed by atoms with Crippen LogP contribution >= 0.6 is 31.9 Å². The number of aliphatic hydroxyl groups is 1. The molecular formula is C8H10Br2N2O. The van der Waals surface area contributed by atoms with Gasteiger partial charge in [-0.15, -0.1) is 0 Å². The molecular weight excluding hydrogens is 300 g/mol. The molecule has 72 valence electrons. The Balaban J connectivity index is 3.01. The van der Waals surface area contributed by atoms with Crippen molar-refractivity contribution in [3.05, 3.63) is 26.9 Å². The maximum atomic E-state index is 9.28. The van der Waals surface area contributed by atoms with Crippen molar-refractivity contribution in [2.45, 2.75) is 19.1 Å². The van der Waals surface area contributed by atoms with Gasteiger partial charge in [-0.1, -0.05) is 6.07 Å². The number of hydrogen-bond acceptors (Lipinski definition) is 3. The molecule has 13 heavy (non-hydrogen) atoms. The fraction of sp³-hybridized carbons (Fsp3) is 0.375. The lowest BCUT2D eigenvalue weighted by atomic mass is 10.1. The summed E-state index contributed by atoms with van der Waals surface area (Å²) in [4.78, 5) is 4.12. The van der Waals surface area contributed by atoms with E-state index in [4.69, 9.17) is 5.73 Å². The molecule has 0 aliphatic carbocycles. The zero-order valence-corrected chi connectivity index (χ0v) is 10.2. The molecule has 1 heterocycles. The highest BCUT2D eigenvalue weighted by Gasteiger charge is 2.15. The van der Waals surface area contributed by atoms with Gasteiger partial charge in [-0.05, 0) is 44.8 Å². The largest absolute Gasteiger partial charge is 0.391 e. The molecule has 0 aliphatic heterocycles. The van der Waals surface area contributed by atoms with Crippen LogP contribution in [0.1, 0.15) is 18.5 Å². The summed E-state index contributed by atoms with van der Waals surface area (Å²) in [5.74, 6) is 0. The minimum Gasteiger partial charge on any atom is -0.391 e. The molecule has 5 heteroatoms. The van der Waals surface area contributed by atoms with Crippen LogP contribution in [0.4, 0.5) is 0 Å². The molecule has 0 bridgehead atoms. The van der Waals surface area contributed by atoms with Crippen LogP contribution in [-0.4, -0.2) is 16.2 Å². The van der Waals surface area contributed by atoms with E-state index in [1.54, 1.807) is 13.0 Å². The summed E-state index contributed by atoms with van der Waals surface area (Å²) < 4.78 is 1.40. The van der Waals surface area contributed by atoms with Crippen LogP contribution < -0.4 is 5.73 Å². The molecule has 3 nitrogen and oxygen atoms in total. The molecule has 1 rings (SSSR count). The molecule has 1 aromatic rings. The Morgan fingerprint density at radius 3 is 2.54 bits per heavy atom. The highest BCUT2D eigenvalue weighted by atomic mass is 79.9. The quantitative estimate of drug-likeness (QED) is 0.821. The van der Waals surface area contributed by atoms with Crippen molar-refractivity contribution in [3.8, 4) is 0 Å². The standard InChI is InChI=1S/C8H10Br2N2O/c1-4(13)7(11)5-2-3-6(9)12-8(5)10/h2-4,7,13H,11H2,1H3/t4-,7-/m0/s1. The van der Waals surface area contributed by atoms with E-state index in [0.717, 1.165) is 10.2 Å². The van der Waals surface area contributed by atoms with Gasteiger partial charge in [0.1, 0.15) is 9.21 Å². The van der Waals surface area contributed by atoms with Crippen molar-refractivity contribution in [2.75, 3.05) is 0 Å². The second kappa shape index (κ2) is 4.50. The zero-order valence-electron chi connectivity index (χ0n) is 7.04. The van der Waals surface area contributed by atoms with Crippen molar-refractivity contribution in [1.29, 1.82) is 0 Å². The first kappa shape index (κ1) is 11.1. The van der Waals surface area contributed by atoms with Crippen molar-refractivity contribution < 1.29 is 5.11 Å². The Hall–Kier alpha value is 0.0300. The molecule has 0 saturated carbocycles. The van der Waals surface area contributed by atoms with Crippen molar-refractivity contribution in [1.82, 2.24) is 4.98 Å². The molecule has 2 atom stereocenters. The predicted octanol–water partition coefficient (Wildman–Crippen LogP) is 1.99. The van der Waals surface area contributed by atoms with E-state index < -0.39 is 12.1 Å². The number of pyridine rings is 1. The van der Waals surface area contributed by atoms with Gasteiger partial charge in [-0.25, -0.2) is 4.98 Å². The lowest BCUT2D eigenvalue weighted by Gasteiger charge is -2.15. The molecule has 0 fully saturated rings. The second-order valence-corrected chi connectivity index (χ2v) is 4.34. The maximum absolute atomic E-state index is 9.28. The molecule has 1 aromatic heterocycles. The van der Waals surface area contributed by atoms with E-state index in [-0.39, 0.29) is 0 Å². The minimum absolute atomic E-state index is 0.407. The number of hydrogen-bond donors (Lipinski definition) is 2. The molecule has 0 aliphatic rings. The number of nitrogens with zero attached hydrogens (tertiary/aromatic N) is 1. The highest BCUT2D eigenvalue weighted by molar-refractivity contribution is 9.11. The van der Waals surface area contributed by atoms with Gasteiger partial charge >= 0.3 is 0 Å². The molecule has 0 spiro atoms. The molecule has 0 saturated heterocycles. The van der Waals surface area contributed by atoms with Crippen LogP contribution in [0.15, 0.2) is 21.3 Å². The topological polar surface area (TPSA) is 59.1 Å². The lowest BCUT2D eigenvalue weighted by molar-refractivity contribution is 0.164. The van der Waals surface area contributed by atoms with E-state index in [1.165, 1.54) is 0 Å². The van der Waals surface area contributed by atoms with Crippen LogP contribution in [-0.2, 0) is 0 Å². The van der Waals surface area contributed by atoms with Gasteiger partial charge in [0.05, 0.1) is 12.1 Å². The van der Waals surface area contributed by atoms with E-state index in [2.05, 4.69) is 36.8 Å². The second-order valence-electron chi connectivity index (χ2n) is 2.78. The van der Waals surface area contributed by atoms with Crippen LogP contribution in [0.3, 0.4) is 0 Å². The summed E-state index contributed by atoms with van der Waals surface area (Å²) in [6, 6.07) is 3.22. The lowest BCUT2D eigenvalue weighted by Crippen LogP contribution is -2.23. The zero-order chi connectivity index (χ0) is 10.0. The molecule has 3 N–H and O–H groups in total. The van der Waals surface area contributed by atoms with Gasteiger partial charge in [-0.2, -0.15) is 0 Å².